The Bertz CT molecular complexity index is 1020. The van der Waals surface area contributed by atoms with Crippen molar-refractivity contribution >= 4 is 23.2 Å². The fourth-order valence-electron chi connectivity index (χ4n) is 6.54. The molecular weight excluding hydrogens is 487 g/mol. The van der Waals surface area contributed by atoms with Gasteiger partial charge in [0.05, 0.1) is 5.69 Å². The zero-order valence-electron chi connectivity index (χ0n) is 21.8. The number of rotatable bonds is 8. The second-order valence-corrected chi connectivity index (χ2v) is 11.5. The molecule has 1 N–H and O–H groups in total. The van der Waals surface area contributed by atoms with Crippen molar-refractivity contribution in [1.82, 2.24) is 15.1 Å². The highest BCUT2D eigenvalue weighted by Gasteiger charge is 2.35. The Kier molecular flexibility index (Phi) is 9.01. The fourth-order valence-corrected chi connectivity index (χ4v) is 6.67. The number of anilines is 1. The summed E-state index contributed by atoms with van der Waals surface area (Å²) >= 11 is 6.09. The maximum absolute atomic E-state index is 14.3. The van der Waals surface area contributed by atoms with Crippen molar-refractivity contribution in [3.63, 3.8) is 0 Å². The molecule has 5 nitrogen and oxygen atoms in total. The molecule has 0 radical (unpaired) electrons. The number of carbonyl (C=O) groups excluding carboxylic acids is 1. The lowest BCUT2D eigenvalue weighted by Crippen LogP contribution is -2.57. The van der Waals surface area contributed by atoms with Crippen molar-refractivity contribution in [3.05, 3.63) is 64.9 Å². The van der Waals surface area contributed by atoms with Gasteiger partial charge in [-0.15, -0.1) is 0 Å². The molecule has 5 rings (SSSR count). The molecule has 2 aromatic rings. The van der Waals surface area contributed by atoms with Crippen LogP contribution in [0.3, 0.4) is 0 Å². The van der Waals surface area contributed by atoms with Crippen molar-refractivity contribution in [2.24, 2.45) is 5.92 Å². The summed E-state index contributed by atoms with van der Waals surface area (Å²) in [7, 11) is 0. The summed E-state index contributed by atoms with van der Waals surface area (Å²) in [4.78, 5) is 20.1. The molecule has 1 amide bonds. The van der Waals surface area contributed by atoms with E-state index in [2.05, 4.69) is 32.1 Å². The summed E-state index contributed by atoms with van der Waals surface area (Å²) in [5.41, 5.74) is 1.99. The highest BCUT2D eigenvalue weighted by atomic mass is 35.5. The SMILES string of the molecule is O=C(CC[C@H]1CN(Cc2ccc(Cl)cc2)CC[C@H]1N1CCN(c2ccccc2F)CC1)NC1CCCC1. The van der Waals surface area contributed by atoms with Crippen molar-refractivity contribution in [1.29, 1.82) is 0 Å². The third-order valence-corrected chi connectivity index (χ3v) is 8.79. The zero-order valence-corrected chi connectivity index (χ0v) is 22.5. The Morgan fingerprint density at radius 2 is 1.68 bits per heavy atom. The number of likely N-dealkylation sites (tertiary alicyclic amines) is 1. The minimum atomic E-state index is -0.141. The third-order valence-electron chi connectivity index (χ3n) is 8.54. The molecular formula is C30H40ClFN4O. The van der Waals surface area contributed by atoms with Gasteiger partial charge in [-0.1, -0.05) is 48.7 Å². The van der Waals surface area contributed by atoms with Gasteiger partial charge in [0.2, 0.25) is 5.91 Å². The van der Waals surface area contributed by atoms with Crippen molar-refractivity contribution in [2.75, 3.05) is 44.2 Å². The summed E-state index contributed by atoms with van der Waals surface area (Å²) in [5.74, 6) is 0.512. The molecule has 0 bridgehead atoms. The molecule has 2 aromatic carbocycles. The Hall–Kier alpha value is -2.15. The maximum Gasteiger partial charge on any atom is 0.220 e. The lowest BCUT2D eigenvalue weighted by atomic mass is 9.86. The molecule has 37 heavy (non-hydrogen) atoms. The number of hydrogen-bond donors (Lipinski definition) is 1. The van der Waals surface area contributed by atoms with E-state index >= 15 is 0 Å². The molecule has 2 saturated heterocycles. The number of carbonyl (C=O) groups is 1. The monoisotopic (exact) mass is 526 g/mol. The van der Waals surface area contributed by atoms with E-state index in [1.165, 1.54) is 18.4 Å². The topological polar surface area (TPSA) is 38.8 Å². The highest BCUT2D eigenvalue weighted by molar-refractivity contribution is 6.30. The van der Waals surface area contributed by atoms with E-state index in [0.717, 1.165) is 76.5 Å². The number of nitrogens with zero attached hydrogens (tertiary/aromatic N) is 3. The molecule has 0 aromatic heterocycles. The summed E-state index contributed by atoms with van der Waals surface area (Å²) in [6.45, 7) is 6.49. The molecule has 2 aliphatic heterocycles. The van der Waals surface area contributed by atoms with Crippen LogP contribution >= 0.6 is 11.6 Å². The highest BCUT2D eigenvalue weighted by Crippen LogP contribution is 2.30. The van der Waals surface area contributed by atoms with Crippen LogP contribution in [0.5, 0.6) is 0 Å². The first-order chi connectivity index (χ1) is 18.0. The molecule has 2 atom stereocenters. The van der Waals surface area contributed by atoms with Gasteiger partial charge in [-0.3, -0.25) is 14.6 Å². The van der Waals surface area contributed by atoms with E-state index in [0.29, 0.717) is 30.1 Å². The van der Waals surface area contributed by atoms with Crippen LogP contribution in [-0.2, 0) is 11.3 Å². The van der Waals surface area contributed by atoms with Gasteiger partial charge in [0.1, 0.15) is 5.82 Å². The van der Waals surface area contributed by atoms with E-state index in [4.69, 9.17) is 11.6 Å². The van der Waals surface area contributed by atoms with Gasteiger partial charge in [0.25, 0.3) is 0 Å². The first-order valence-electron chi connectivity index (χ1n) is 14.0. The molecule has 1 saturated carbocycles. The number of piperidine rings is 1. The zero-order chi connectivity index (χ0) is 25.6. The first-order valence-corrected chi connectivity index (χ1v) is 14.4. The summed E-state index contributed by atoms with van der Waals surface area (Å²) in [5, 5.41) is 4.04. The lowest BCUT2D eigenvalue weighted by molar-refractivity contribution is -0.122. The predicted octanol–water partition coefficient (Wildman–Crippen LogP) is 5.33. The van der Waals surface area contributed by atoms with E-state index in [-0.39, 0.29) is 11.7 Å². The van der Waals surface area contributed by atoms with Gasteiger partial charge in [0, 0.05) is 62.8 Å². The Labute approximate surface area is 225 Å². The predicted molar refractivity (Wildman–Crippen MR) is 148 cm³/mol. The minimum absolute atomic E-state index is 0.141. The van der Waals surface area contributed by atoms with Crippen LogP contribution in [0.25, 0.3) is 0 Å². The summed E-state index contributed by atoms with van der Waals surface area (Å²) in [6.07, 6.45) is 7.32. The molecule has 0 unspecified atom stereocenters. The minimum Gasteiger partial charge on any atom is -0.367 e. The van der Waals surface area contributed by atoms with E-state index < -0.39 is 0 Å². The van der Waals surface area contributed by atoms with Crippen LogP contribution in [0.2, 0.25) is 5.02 Å². The van der Waals surface area contributed by atoms with E-state index in [1.807, 2.05) is 24.3 Å². The third kappa shape index (κ3) is 7.04. The van der Waals surface area contributed by atoms with Gasteiger partial charge >= 0.3 is 0 Å². The van der Waals surface area contributed by atoms with Gasteiger partial charge < -0.3 is 10.2 Å². The second kappa shape index (κ2) is 12.6. The Balaban J connectivity index is 1.21. The Morgan fingerprint density at radius 1 is 0.946 bits per heavy atom. The number of para-hydroxylation sites is 1. The second-order valence-electron chi connectivity index (χ2n) is 11.0. The van der Waals surface area contributed by atoms with Gasteiger partial charge in [-0.05, 0) is 68.0 Å². The largest absolute Gasteiger partial charge is 0.367 e. The molecule has 3 fully saturated rings. The number of hydrogen-bond acceptors (Lipinski definition) is 4. The lowest BCUT2D eigenvalue weighted by Gasteiger charge is -2.47. The molecule has 0 spiro atoms. The van der Waals surface area contributed by atoms with Gasteiger partial charge in [-0.25, -0.2) is 4.39 Å². The quantitative estimate of drug-likeness (QED) is 0.504. The van der Waals surface area contributed by atoms with Crippen LogP contribution in [0.15, 0.2) is 48.5 Å². The van der Waals surface area contributed by atoms with Gasteiger partial charge in [-0.2, -0.15) is 0 Å². The molecule has 1 aliphatic carbocycles. The van der Waals surface area contributed by atoms with Crippen LogP contribution < -0.4 is 10.2 Å². The molecule has 3 aliphatic rings. The van der Waals surface area contributed by atoms with Crippen LogP contribution in [0.1, 0.15) is 50.5 Å². The van der Waals surface area contributed by atoms with Crippen LogP contribution in [-0.4, -0.2) is 67.1 Å². The summed E-state index contributed by atoms with van der Waals surface area (Å²) in [6, 6.07) is 16.1. The average Bonchev–Trinajstić information content (AvgIpc) is 3.42. The number of nitrogens with one attached hydrogen (secondary N) is 1. The van der Waals surface area contributed by atoms with E-state index in [1.54, 1.807) is 12.1 Å². The Morgan fingerprint density at radius 3 is 2.41 bits per heavy atom. The number of benzene rings is 2. The van der Waals surface area contributed by atoms with Gasteiger partial charge in [0.15, 0.2) is 0 Å². The fraction of sp³-hybridized carbons (Fsp3) is 0.567. The normalized spacial score (nSPS) is 23.9. The van der Waals surface area contributed by atoms with Crippen molar-refractivity contribution in [2.45, 2.75) is 63.6 Å². The number of amides is 1. The molecule has 7 heteroatoms. The van der Waals surface area contributed by atoms with E-state index in [9.17, 15) is 9.18 Å². The van der Waals surface area contributed by atoms with Crippen molar-refractivity contribution < 1.29 is 9.18 Å². The standard InChI is InChI=1S/C30H40ClFN4O/c31-25-12-9-23(10-13-25)21-34-16-15-28(24(22-34)11-14-30(37)33-26-5-1-2-6-26)35-17-19-36(20-18-35)29-8-4-3-7-27(29)32/h3-4,7-10,12-13,24,26,28H,1-2,5-6,11,14-22H2,(H,33,37)/t24-,28+/m0/s1. The number of halogens is 2. The van der Waals surface area contributed by atoms with Crippen molar-refractivity contribution in [3.8, 4) is 0 Å². The summed E-state index contributed by atoms with van der Waals surface area (Å²) < 4.78 is 14.3. The molecule has 200 valence electrons. The first kappa shape index (κ1) is 26.5. The maximum atomic E-state index is 14.3. The molecule has 2 heterocycles. The average molecular weight is 527 g/mol. The number of piperazine rings is 1. The van der Waals surface area contributed by atoms with Crippen LogP contribution in [0.4, 0.5) is 10.1 Å². The van der Waals surface area contributed by atoms with Crippen LogP contribution in [0, 0.1) is 11.7 Å². The smallest absolute Gasteiger partial charge is 0.220 e.